The summed E-state index contributed by atoms with van der Waals surface area (Å²) >= 11 is 0. The molecule has 2 saturated heterocycles. The number of carbonyl (C=O) groups is 8. The van der Waals surface area contributed by atoms with Crippen molar-refractivity contribution in [1.82, 2.24) is 51.8 Å². The average molecular weight is 945 g/mol. The van der Waals surface area contributed by atoms with E-state index in [1.807, 2.05) is 24.3 Å². The highest BCUT2D eigenvalue weighted by Crippen LogP contribution is 2.26. The number of rotatable bonds is 11. The molecule has 0 spiro atoms. The van der Waals surface area contributed by atoms with Crippen molar-refractivity contribution >= 4 is 85.8 Å². The van der Waals surface area contributed by atoms with E-state index in [2.05, 4.69) is 51.8 Å². The van der Waals surface area contributed by atoms with Crippen LogP contribution in [0, 0.1) is 0 Å². The molecule has 22 nitrogen and oxygen atoms in total. The monoisotopic (exact) mass is 944 g/mol. The van der Waals surface area contributed by atoms with Crippen LogP contribution >= 0.6 is 21.6 Å². The van der Waals surface area contributed by atoms with Gasteiger partial charge in [0.15, 0.2) is 5.96 Å². The number of aromatic amines is 2. The Hall–Kier alpha value is -7.08. The zero-order valence-corrected chi connectivity index (χ0v) is 37.4. The van der Waals surface area contributed by atoms with Crippen LogP contribution in [0.2, 0.25) is 0 Å². The molecule has 6 rings (SSSR count). The van der Waals surface area contributed by atoms with Crippen molar-refractivity contribution in [3.05, 3.63) is 90.1 Å². The molecule has 2 fully saturated rings. The third kappa shape index (κ3) is 12.8. The van der Waals surface area contributed by atoms with Crippen LogP contribution in [-0.4, -0.2) is 134 Å². The fourth-order valence-electron chi connectivity index (χ4n) is 7.34. The van der Waals surface area contributed by atoms with Crippen molar-refractivity contribution in [2.45, 2.75) is 81.3 Å². The number of nitrogens with one attached hydrogen (secondary N) is 8. The lowest BCUT2D eigenvalue weighted by molar-refractivity contribution is -0.137. The molecule has 7 atom stereocenters. The van der Waals surface area contributed by atoms with E-state index in [4.69, 9.17) is 17.2 Å². The first-order valence-corrected chi connectivity index (χ1v) is 23.5. The van der Waals surface area contributed by atoms with Crippen molar-refractivity contribution < 1.29 is 38.4 Å². The van der Waals surface area contributed by atoms with Crippen LogP contribution in [-0.2, 0) is 52.8 Å². The van der Waals surface area contributed by atoms with E-state index >= 15 is 0 Å². The topological polar surface area (TPSA) is 347 Å². The van der Waals surface area contributed by atoms with Crippen molar-refractivity contribution in [3.8, 4) is 0 Å². The number of hydrogen-bond donors (Lipinski definition) is 11. The van der Waals surface area contributed by atoms with Crippen LogP contribution in [0.1, 0.15) is 36.6 Å². The highest BCUT2D eigenvalue weighted by molar-refractivity contribution is 8.76. The number of aliphatic imine (C=N–C) groups is 1. The molecule has 24 heteroatoms. The molecule has 2 aromatic heterocycles. The van der Waals surface area contributed by atoms with Crippen LogP contribution < -0.4 is 49.1 Å². The number of benzene rings is 2. The number of hydrogen-bond acceptors (Lipinski definition) is 12. The Morgan fingerprint density at radius 2 is 1.35 bits per heavy atom. The molecule has 2 bridgehead atoms. The molecule has 0 unspecified atom stereocenters. The zero-order chi connectivity index (χ0) is 47.3. The van der Waals surface area contributed by atoms with Crippen molar-refractivity contribution in [2.24, 2.45) is 22.2 Å². The van der Waals surface area contributed by atoms with Gasteiger partial charge < -0.3 is 59.1 Å². The number of amides is 9. The van der Waals surface area contributed by atoms with Gasteiger partial charge in [-0.15, -0.1) is 0 Å². The van der Waals surface area contributed by atoms with Gasteiger partial charge in [0.05, 0.1) is 6.33 Å². The Kier molecular flexibility index (Phi) is 16.6. The molecular weight excluding hydrogens is 893 g/mol. The molecule has 2 aliphatic heterocycles. The van der Waals surface area contributed by atoms with Crippen LogP contribution in [0.15, 0.2) is 78.3 Å². The first-order chi connectivity index (χ1) is 31.7. The number of guanidine groups is 1. The molecule has 4 heterocycles. The van der Waals surface area contributed by atoms with Gasteiger partial charge >= 0.3 is 6.03 Å². The smallest absolute Gasteiger partial charge is 0.325 e. The third-order valence-electron chi connectivity index (χ3n) is 10.9. The summed E-state index contributed by atoms with van der Waals surface area (Å²) in [6.07, 6.45) is 4.43. The Labute approximate surface area is 386 Å². The van der Waals surface area contributed by atoms with E-state index < -0.39 is 89.7 Å². The number of fused-ring (bicyclic) bond motifs is 3. The third-order valence-corrected chi connectivity index (χ3v) is 13.3. The van der Waals surface area contributed by atoms with Crippen LogP contribution in [0.3, 0.4) is 0 Å². The summed E-state index contributed by atoms with van der Waals surface area (Å²) in [7, 11) is 2.21. The van der Waals surface area contributed by atoms with Crippen molar-refractivity contribution in [3.63, 3.8) is 0 Å². The summed E-state index contributed by atoms with van der Waals surface area (Å²) in [5, 5.41) is 16.9. The summed E-state index contributed by atoms with van der Waals surface area (Å²) in [5.74, 6) is -5.80. The number of imide groups is 1. The highest BCUT2D eigenvalue weighted by Gasteiger charge is 2.44. The van der Waals surface area contributed by atoms with Gasteiger partial charge in [-0.1, -0.05) is 70.1 Å². The van der Waals surface area contributed by atoms with Gasteiger partial charge in [0.1, 0.15) is 42.3 Å². The fourth-order valence-corrected chi connectivity index (χ4v) is 9.67. The molecular formula is C42H52N14O8S2. The lowest BCUT2D eigenvalue weighted by Gasteiger charge is -2.28. The predicted octanol–water partition coefficient (Wildman–Crippen LogP) is -1.41. The zero-order valence-electron chi connectivity index (χ0n) is 35.8. The summed E-state index contributed by atoms with van der Waals surface area (Å²) in [5.41, 5.74) is 19.4. The minimum absolute atomic E-state index is 0.0119. The quantitative estimate of drug-likeness (QED) is 0.0271. The summed E-state index contributed by atoms with van der Waals surface area (Å²) in [4.78, 5) is 126. The lowest BCUT2D eigenvalue weighted by atomic mass is 10.0. The highest BCUT2D eigenvalue weighted by atomic mass is 33.1. The number of H-pyrrole nitrogens is 2. The maximum Gasteiger partial charge on any atom is 0.325 e. The van der Waals surface area contributed by atoms with E-state index in [0.717, 1.165) is 37.4 Å². The van der Waals surface area contributed by atoms with E-state index in [9.17, 15) is 38.4 Å². The number of para-hydroxylation sites is 1. The lowest BCUT2D eigenvalue weighted by Crippen LogP contribution is -2.60. The number of nitrogens with zero attached hydrogens (tertiary/aromatic N) is 3. The molecule has 0 radical (unpaired) electrons. The van der Waals surface area contributed by atoms with Crippen LogP contribution in [0.5, 0.6) is 0 Å². The molecule has 2 aliphatic rings. The maximum atomic E-state index is 14.5. The Morgan fingerprint density at radius 1 is 0.727 bits per heavy atom. The number of imidazole rings is 1. The SMILES string of the molecule is C[C@@H]1C(=O)N[C@H](Cc2cnc[nH]2)C(=O)N[C@H](Cc2ccccc2)C(=O)N[C@H](CCCN=C(N)N)C(=O)N[C@@H](Cc2c[nH]c3ccccc23)C(=O)N[C@@H](C(N)=O)CSSC[C@@H]2NC(=O)N1C2=O. The Bertz CT molecular complexity index is 2430. The predicted molar refractivity (Wildman–Crippen MR) is 247 cm³/mol. The first-order valence-electron chi connectivity index (χ1n) is 21.0. The second kappa shape index (κ2) is 22.7. The Balaban J connectivity index is 1.37. The van der Waals surface area contributed by atoms with E-state index in [1.165, 1.54) is 19.4 Å². The molecule has 0 saturated carbocycles. The van der Waals surface area contributed by atoms with Gasteiger partial charge in [-0.3, -0.25) is 43.5 Å². The number of aromatic nitrogens is 3. The van der Waals surface area contributed by atoms with Gasteiger partial charge in [0, 0.05) is 66.3 Å². The molecule has 9 amide bonds. The summed E-state index contributed by atoms with van der Waals surface area (Å²) in [6, 6.07) is 6.21. The second-order valence-electron chi connectivity index (χ2n) is 15.6. The second-order valence-corrected chi connectivity index (χ2v) is 18.2. The van der Waals surface area contributed by atoms with Gasteiger partial charge in [-0.2, -0.15) is 0 Å². The minimum atomic E-state index is -1.38. The number of carbonyl (C=O) groups excluding carboxylic acids is 8. The average Bonchev–Trinajstić information content (AvgIpc) is 4.03. The largest absolute Gasteiger partial charge is 0.370 e. The number of urea groups is 1. The van der Waals surface area contributed by atoms with E-state index in [0.29, 0.717) is 16.8 Å². The molecule has 66 heavy (non-hydrogen) atoms. The standard InChI is InChI=1S/C42H52N14O8S2/c1-22-35(58)51-31(16-25-18-46-21-49-25)39(62)52-29(14-23-8-3-2-4-9-23)37(60)50-28(12-7-13-47-41(44)45)36(59)53-30(15-24-17-48-27-11-6-5-10-26(24)27)38(61)54-32(34(43)57)19-65-66-20-33-40(63)56(22)42(64)55-33/h2-6,8-11,17-18,21-22,28-33,48H,7,12-16,19-20H2,1H3,(H2,43,57)(H,46,49)(H,50,60)(H,51,58)(H,52,62)(H,53,59)(H,54,61)(H,55,64)(H4,44,45,47)/t22-,28-,29-,30+,31-,32-,33+/m1/s1. The molecule has 4 aromatic rings. The van der Waals surface area contributed by atoms with Crippen LogP contribution in [0.4, 0.5) is 4.79 Å². The molecule has 350 valence electrons. The van der Waals surface area contributed by atoms with Crippen molar-refractivity contribution in [1.29, 1.82) is 0 Å². The summed E-state index contributed by atoms with van der Waals surface area (Å²) in [6.45, 7) is 1.42. The fraction of sp³-hybridized carbons (Fsp3) is 0.381. The van der Waals surface area contributed by atoms with Gasteiger partial charge in [0.25, 0.3) is 5.91 Å². The number of nitrogens with two attached hydrogens (primary N) is 3. The molecule has 2 aromatic carbocycles. The molecule has 14 N–H and O–H groups in total. The van der Waals surface area contributed by atoms with Gasteiger partial charge in [-0.05, 0) is 37.0 Å². The van der Waals surface area contributed by atoms with E-state index in [-0.39, 0.29) is 56.1 Å². The van der Waals surface area contributed by atoms with Crippen molar-refractivity contribution in [2.75, 3.05) is 18.1 Å². The normalized spacial score (nSPS) is 24.0. The minimum Gasteiger partial charge on any atom is -0.370 e. The summed E-state index contributed by atoms with van der Waals surface area (Å²) < 4.78 is 0. The van der Waals surface area contributed by atoms with E-state index in [1.54, 1.807) is 36.5 Å². The van der Waals surface area contributed by atoms with Gasteiger partial charge in [0.2, 0.25) is 35.4 Å². The first kappa shape index (κ1) is 48.4. The Morgan fingerprint density at radius 3 is 2.05 bits per heavy atom. The molecule has 0 aliphatic carbocycles. The maximum absolute atomic E-state index is 14.5. The van der Waals surface area contributed by atoms with Crippen LogP contribution in [0.25, 0.3) is 10.9 Å². The number of primary amides is 1. The van der Waals surface area contributed by atoms with Gasteiger partial charge in [-0.25, -0.2) is 9.78 Å².